The Kier molecular flexibility index (Phi) is 4.55. The zero-order chi connectivity index (χ0) is 10.6. The molecule has 1 aromatic carbocycles. The molecule has 1 aromatic rings. The van der Waals surface area contributed by atoms with Crippen LogP contribution in [0.5, 0.6) is 0 Å². The highest BCUT2D eigenvalue weighted by atomic mass is 79.9. The molecule has 0 fully saturated rings. The summed E-state index contributed by atoms with van der Waals surface area (Å²) in [7, 11) is 0. The first-order valence-electron chi connectivity index (χ1n) is 4.75. The van der Waals surface area contributed by atoms with E-state index in [0.717, 1.165) is 17.3 Å². The Bertz CT molecular complexity index is 301. The topological polar surface area (TPSA) is 20.2 Å². The molecular formula is C11H14BrFO. The summed E-state index contributed by atoms with van der Waals surface area (Å²) in [5.74, 6) is -0.255. The molecule has 1 N–H and O–H groups in total. The van der Waals surface area contributed by atoms with Crippen LogP contribution in [0.15, 0.2) is 22.7 Å². The highest BCUT2D eigenvalue weighted by Crippen LogP contribution is 2.17. The van der Waals surface area contributed by atoms with E-state index in [0.29, 0.717) is 12.0 Å². The maximum Gasteiger partial charge on any atom is 0.127 e. The van der Waals surface area contributed by atoms with Crippen LogP contribution in [0.2, 0.25) is 0 Å². The highest BCUT2D eigenvalue weighted by Gasteiger charge is 2.08. The Labute approximate surface area is 92.1 Å². The van der Waals surface area contributed by atoms with Gasteiger partial charge < -0.3 is 5.11 Å². The predicted molar refractivity (Wildman–Crippen MR) is 58.7 cm³/mol. The maximum absolute atomic E-state index is 13.3. The second-order valence-corrected chi connectivity index (χ2v) is 4.30. The van der Waals surface area contributed by atoms with Gasteiger partial charge in [0.05, 0.1) is 6.10 Å². The van der Waals surface area contributed by atoms with Crippen molar-refractivity contribution < 1.29 is 9.50 Å². The van der Waals surface area contributed by atoms with E-state index in [1.54, 1.807) is 12.1 Å². The minimum Gasteiger partial charge on any atom is -0.393 e. The van der Waals surface area contributed by atoms with E-state index in [1.807, 2.05) is 6.92 Å². The van der Waals surface area contributed by atoms with Gasteiger partial charge in [-0.25, -0.2) is 4.39 Å². The minimum absolute atomic E-state index is 0.255. The molecule has 14 heavy (non-hydrogen) atoms. The molecule has 0 aliphatic carbocycles. The molecule has 0 spiro atoms. The molecule has 0 aromatic heterocycles. The lowest BCUT2D eigenvalue weighted by atomic mass is 10.0. The molecule has 0 amide bonds. The van der Waals surface area contributed by atoms with Crippen LogP contribution in [0, 0.1) is 5.82 Å². The van der Waals surface area contributed by atoms with E-state index in [-0.39, 0.29) is 5.82 Å². The lowest BCUT2D eigenvalue weighted by Crippen LogP contribution is -2.10. The van der Waals surface area contributed by atoms with E-state index >= 15 is 0 Å². The minimum atomic E-state index is -0.435. The van der Waals surface area contributed by atoms with Crippen molar-refractivity contribution in [2.75, 3.05) is 0 Å². The summed E-state index contributed by atoms with van der Waals surface area (Å²) >= 11 is 3.19. The Morgan fingerprint density at radius 3 is 2.79 bits per heavy atom. The summed E-state index contributed by atoms with van der Waals surface area (Å²) in [4.78, 5) is 0. The third-order valence-corrected chi connectivity index (χ3v) is 2.59. The summed E-state index contributed by atoms with van der Waals surface area (Å²) in [6.07, 6.45) is 1.59. The van der Waals surface area contributed by atoms with E-state index in [1.165, 1.54) is 6.07 Å². The molecule has 78 valence electrons. The molecule has 3 heteroatoms. The number of rotatable bonds is 4. The molecule has 0 heterocycles. The molecule has 0 aliphatic heterocycles. The van der Waals surface area contributed by atoms with Gasteiger partial charge in [-0.15, -0.1) is 0 Å². The summed E-state index contributed by atoms with van der Waals surface area (Å²) < 4.78 is 14.0. The van der Waals surface area contributed by atoms with Crippen LogP contribution >= 0.6 is 15.9 Å². The molecular weight excluding hydrogens is 247 g/mol. The molecule has 0 aliphatic rings. The lowest BCUT2D eigenvalue weighted by molar-refractivity contribution is 0.162. The number of aliphatic hydroxyl groups excluding tert-OH is 1. The summed E-state index contributed by atoms with van der Waals surface area (Å²) in [6, 6.07) is 4.92. The zero-order valence-corrected chi connectivity index (χ0v) is 9.72. The van der Waals surface area contributed by atoms with Crippen LogP contribution < -0.4 is 0 Å². The van der Waals surface area contributed by atoms with Crippen molar-refractivity contribution in [1.29, 1.82) is 0 Å². The third kappa shape index (κ3) is 3.39. The van der Waals surface area contributed by atoms with Crippen LogP contribution in [-0.4, -0.2) is 11.2 Å². The number of hydrogen-bond donors (Lipinski definition) is 1. The summed E-state index contributed by atoms with van der Waals surface area (Å²) in [5.41, 5.74) is 0.578. The SMILES string of the molecule is CCC[C@H](O)Cc1ccc(Br)cc1F. The average Bonchev–Trinajstić information content (AvgIpc) is 2.10. The van der Waals surface area contributed by atoms with Crippen molar-refractivity contribution in [3.8, 4) is 0 Å². The van der Waals surface area contributed by atoms with Gasteiger partial charge in [-0.1, -0.05) is 35.3 Å². The molecule has 0 bridgehead atoms. The van der Waals surface area contributed by atoms with Gasteiger partial charge in [0.25, 0.3) is 0 Å². The van der Waals surface area contributed by atoms with Crippen molar-refractivity contribution in [1.82, 2.24) is 0 Å². The van der Waals surface area contributed by atoms with E-state index in [9.17, 15) is 9.50 Å². The Hall–Kier alpha value is -0.410. The third-order valence-electron chi connectivity index (χ3n) is 2.09. The first-order chi connectivity index (χ1) is 6.63. The Balaban J connectivity index is 2.67. The standard InChI is InChI=1S/C11H14BrFO/c1-2-3-10(14)6-8-4-5-9(12)7-11(8)13/h4-5,7,10,14H,2-3,6H2,1H3/t10-/m0/s1. The Morgan fingerprint density at radius 1 is 1.50 bits per heavy atom. The highest BCUT2D eigenvalue weighted by molar-refractivity contribution is 9.10. The zero-order valence-electron chi connectivity index (χ0n) is 8.13. The van der Waals surface area contributed by atoms with E-state index in [2.05, 4.69) is 15.9 Å². The first kappa shape index (κ1) is 11.7. The van der Waals surface area contributed by atoms with E-state index < -0.39 is 6.10 Å². The number of aliphatic hydroxyl groups is 1. The second kappa shape index (κ2) is 5.47. The van der Waals surface area contributed by atoms with Gasteiger partial charge >= 0.3 is 0 Å². The summed E-state index contributed by atoms with van der Waals surface area (Å²) in [6.45, 7) is 2.00. The first-order valence-corrected chi connectivity index (χ1v) is 5.54. The Morgan fingerprint density at radius 2 is 2.21 bits per heavy atom. The van der Waals surface area contributed by atoms with Gasteiger partial charge in [-0.2, -0.15) is 0 Å². The molecule has 1 rings (SSSR count). The fourth-order valence-electron chi connectivity index (χ4n) is 1.38. The molecule has 1 nitrogen and oxygen atoms in total. The number of hydrogen-bond acceptors (Lipinski definition) is 1. The lowest BCUT2D eigenvalue weighted by Gasteiger charge is -2.09. The quantitative estimate of drug-likeness (QED) is 0.881. The van der Waals surface area contributed by atoms with Crippen LogP contribution in [0.25, 0.3) is 0 Å². The van der Waals surface area contributed by atoms with Crippen LogP contribution in [0.1, 0.15) is 25.3 Å². The molecule has 0 saturated carbocycles. The molecule has 0 radical (unpaired) electrons. The van der Waals surface area contributed by atoms with Crippen molar-refractivity contribution >= 4 is 15.9 Å². The van der Waals surface area contributed by atoms with Gasteiger partial charge in [0.15, 0.2) is 0 Å². The fourth-order valence-corrected chi connectivity index (χ4v) is 1.71. The predicted octanol–water partition coefficient (Wildman–Crippen LogP) is 3.29. The number of halogens is 2. The van der Waals surface area contributed by atoms with Crippen LogP contribution in [0.3, 0.4) is 0 Å². The molecule has 1 atom stereocenters. The van der Waals surface area contributed by atoms with Gasteiger partial charge in [0.1, 0.15) is 5.82 Å². The van der Waals surface area contributed by atoms with Crippen molar-refractivity contribution in [3.63, 3.8) is 0 Å². The van der Waals surface area contributed by atoms with Gasteiger partial charge in [0, 0.05) is 10.9 Å². The average molecular weight is 261 g/mol. The number of benzene rings is 1. The van der Waals surface area contributed by atoms with Gasteiger partial charge in [0.2, 0.25) is 0 Å². The fraction of sp³-hybridized carbons (Fsp3) is 0.455. The molecule has 0 unspecified atom stereocenters. The smallest absolute Gasteiger partial charge is 0.127 e. The van der Waals surface area contributed by atoms with Crippen LogP contribution in [-0.2, 0) is 6.42 Å². The van der Waals surface area contributed by atoms with Crippen molar-refractivity contribution in [3.05, 3.63) is 34.1 Å². The maximum atomic E-state index is 13.3. The monoisotopic (exact) mass is 260 g/mol. The molecule has 0 saturated heterocycles. The summed E-state index contributed by atoms with van der Waals surface area (Å²) in [5, 5.41) is 9.52. The van der Waals surface area contributed by atoms with Gasteiger partial charge in [-0.05, 0) is 24.1 Å². The van der Waals surface area contributed by atoms with Crippen LogP contribution in [0.4, 0.5) is 4.39 Å². The second-order valence-electron chi connectivity index (χ2n) is 3.38. The largest absolute Gasteiger partial charge is 0.393 e. The normalized spacial score (nSPS) is 12.9. The van der Waals surface area contributed by atoms with Crippen molar-refractivity contribution in [2.45, 2.75) is 32.3 Å². The van der Waals surface area contributed by atoms with Crippen molar-refractivity contribution in [2.24, 2.45) is 0 Å². The van der Waals surface area contributed by atoms with Gasteiger partial charge in [-0.3, -0.25) is 0 Å². The van der Waals surface area contributed by atoms with E-state index in [4.69, 9.17) is 0 Å².